The summed E-state index contributed by atoms with van der Waals surface area (Å²) in [6, 6.07) is 6.33. The van der Waals surface area contributed by atoms with Gasteiger partial charge >= 0.3 is 0 Å². The van der Waals surface area contributed by atoms with Gasteiger partial charge in [-0.1, -0.05) is 19.1 Å². The number of halogens is 1. The van der Waals surface area contributed by atoms with Gasteiger partial charge in [-0.3, -0.25) is 0 Å². The Hall–Kier alpha value is -0.970. The van der Waals surface area contributed by atoms with E-state index in [4.69, 9.17) is 15.2 Å². The molecule has 1 heterocycles. The highest BCUT2D eigenvalue weighted by Gasteiger charge is 2.23. The molecule has 4 heteroatoms. The van der Waals surface area contributed by atoms with Crippen LogP contribution in [0.1, 0.15) is 31.4 Å². The molecule has 3 atom stereocenters. The standard InChI is InChI=1S/C15H22FNO2/c1-2-14(17)15(12-3-5-13(16)6-4-12)19-10-11-7-8-18-9-11/h3-6,11,14-15H,2,7-10,17H2,1H3. The molecule has 1 aromatic rings. The van der Waals surface area contributed by atoms with Crippen molar-refractivity contribution in [2.24, 2.45) is 11.7 Å². The first-order valence-corrected chi connectivity index (χ1v) is 6.91. The molecule has 0 bridgehead atoms. The third kappa shape index (κ3) is 4.00. The lowest BCUT2D eigenvalue weighted by molar-refractivity contribution is 0.00945. The van der Waals surface area contributed by atoms with E-state index < -0.39 is 0 Å². The molecule has 2 N–H and O–H groups in total. The molecule has 1 aromatic carbocycles. The van der Waals surface area contributed by atoms with Crippen LogP contribution in [0.4, 0.5) is 4.39 Å². The molecule has 0 aliphatic carbocycles. The van der Waals surface area contributed by atoms with Gasteiger partial charge in [-0.15, -0.1) is 0 Å². The van der Waals surface area contributed by atoms with Crippen molar-refractivity contribution in [3.63, 3.8) is 0 Å². The van der Waals surface area contributed by atoms with Crippen LogP contribution in [0, 0.1) is 11.7 Å². The quantitative estimate of drug-likeness (QED) is 0.861. The summed E-state index contributed by atoms with van der Waals surface area (Å²) in [6.07, 6.45) is 1.69. The molecule has 0 radical (unpaired) electrons. The summed E-state index contributed by atoms with van der Waals surface area (Å²) in [4.78, 5) is 0. The zero-order valence-corrected chi connectivity index (χ0v) is 11.3. The number of benzene rings is 1. The van der Waals surface area contributed by atoms with Crippen molar-refractivity contribution in [2.45, 2.75) is 31.9 Å². The average Bonchev–Trinajstić information content (AvgIpc) is 2.93. The number of nitrogens with two attached hydrogens (primary N) is 1. The maximum Gasteiger partial charge on any atom is 0.123 e. The molecule has 0 aromatic heterocycles. The lowest BCUT2D eigenvalue weighted by atomic mass is 10.0. The van der Waals surface area contributed by atoms with Gasteiger partial charge in [0.15, 0.2) is 0 Å². The molecule has 1 aliphatic heterocycles. The van der Waals surface area contributed by atoms with Crippen LogP contribution in [-0.4, -0.2) is 25.9 Å². The van der Waals surface area contributed by atoms with Gasteiger partial charge in [-0.2, -0.15) is 0 Å². The number of hydrogen-bond donors (Lipinski definition) is 1. The first kappa shape index (κ1) is 14.4. The van der Waals surface area contributed by atoms with E-state index in [1.54, 1.807) is 12.1 Å². The Balaban J connectivity index is 2.00. The van der Waals surface area contributed by atoms with E-state index in [1.807, 2.05) is 6.92 Å². The van der Waals surface area contributed by atoms with E-state index in [0.29, 0.717) is 12.5 Å². The summed E-state index contributed by atoms with van der Waals surface area (Å²) in [5.74, 6) is 0.212. The van der Waals surface area contributed by atoms with Crippen molar-refractivity contribution in [3.05, 3.63) is 35.6 Å². The fourth-order valence-electron chi connectivity index (χ4n) is 2.29. The van der Waals surface area contributed by atoms with E-state index in [0.717, 1.165) is 31.6 Å². The minimum absolute atomic E-state index is 0.0761. The molecule has 1 aliphatic rings. The van der Waals surface area contributed by atoms with Gasteiger partial charge in [0.2, 0.25) is 0 Å². The first-order chi connectivity index (χ1) is 9.20. The highest BCUT2D eigenvalue weighted by atomic mass is 19.1. The van der Waals surface area contributed by atoms with E-state index in [2.05, 4.69) is 0 Å². The molecule has 1 fully saturated rings. The van der Waals surface area contributed by atoms with Crippen LogP contribution < -0.4 is 5.73 Å². The maximum atomic E-state index is 13.0. The normalized spacial score (nSPS) is 22.4. The minimum Gasteiger partial charge on any atom is -0.381 e. The van der Waals surface area contributed by atoms with Gasteiger partial charge in [-0.25, -0.2) is 4.39 Å². The lowest BCUT2D eigenvalue weighted by Crippen LogP contribution is -2.31. The van der Waals surface area contributed by atoms with Crippen LogP contribution in [0.5, 0.6) is 0 Å². The van der Waals surface area contributed by atoms with E-state index in [1.165, 1.54) is 12.1 Å². The summed E-state index contributed by atoms with van der Waals surface area (Å²) in [6.45, 7) is 4.26. The van der Waals surface area contributed by atoms with Gasteiger partial charge < -0.3 is 15.2 Å². The smallest absolute Gasteiger partial charge is 0.123 e. The van der Waals surface area contributed by atoms with Crippen LogP contribution >= 0.6 is 0 Å². The molecular weight excluding hydrogens is 245 g/mol. The Labute approximate surface area is 113 Å². The molecule has 2 rings (SSSR count). The molecule has 0 amide bonds. The number of rotatable bonds is 6. The summed E-state index contributed by atoms with van der Waals surface area (Å²) >= 11 is 0. The van der Waals surface area contributed by atoms with Crippen LogP contribution in [0.2, 0.25) is 0 Å². The molecule has 19 heavy (non-hydrogen) atoms. The van der Waals surface area contributed by atoms with Gasteiger partial charge in [0.1, 0.15) is 5.82 Å². The molecule has 1 saturated heterocycles. The average molecular weight is 267 g/mol. The van der Waals surface area contributed by atoms with Gasteiger partial charge in [0.05, 0.1) is 19.3 Å². The summed E-state index contributed by atoms with van der Waals surface area (Å²) in [5, 5.41) is 0. The number of ether oxygens (including phenoxy) is 2. The fourth-order valence-corrected chi connectivity index (χ4v) is 2.29. The minimum atomic E-state index is -0.239. The molecule has 3 nitrogen and oxygen atoms in total. The monoisotopic (exact) mass is 267 g/mol. The zero-order valence-electron chi connectivity index (χ0n) is 11.3. The largest absolute Gasteiger partial charge is 0.381 e. The summed E-state index contributed by atoms with van der Waals surface area (Å²) in [5.41, 5.74) is 7.06. The van der Waals surface area contributed by atoms with Gasteiger partial charge in [0.25, 0.3) is 0 Å². The van der Waals surface area contributed by atoms with Crippen LogP contribution in [0.15, 0.2) is 24.3 Å². The van der Waals surface area contributed by atoms with Gasteiger partial charge in [0, 0.05) is 18.6 Å². The molecule has 3 unspecified atom stereocenters. The summed E-state index contributed by atoms with van der Waals surface area (Å²) < 4.78 is 24.3. The Kier molecular flexibility index (Phi) is 5.31. The van der Waals surface area contributed by atoms with Gasteiger partial charge in [-0.05, 0) is 30.5 Å². The van der Waals surface area contributed by atoms with E-state index in [9.17, 15) is 4.39 Å². The first-order valence-electron chi connectivity index (χ1n) is 6.91. The maximum absolute atomic E-state index is 13.0. The third-order valence-corrected chi connectivity index (χ3v) is 3.59. The lowest BCUT2D eigenvalue weighted by Gasteiger charge is -2.25. The van der Waals surface area contributed by atoms with Crippen LogP contribution in [-0.2, 0) is 9.47 Å². The van der Waals surface area contributed by atoms with E-state index >= 15 is 0 Å². The molecule has 0 spiro atoms. The van der Waals surface area contributed by atoms with Crippen molar-refractivity contribution in [2.75, 3.05) is 19.8 Å². The van der Waals surface area contributed by atoms with Crippen molar-refractivity contribution < 1.29 is 13.9 Å². The second-order valence-corrected chi connectivity index (χ2v) is 5.11. The number of hydrogen-bond acceptors (Lipinski definition) is 3. The zero-order chi connectivity index (χ0) is 13.7. The Morgan fingerprint density at radius 3 is 2.74 bits per heavy atom. The second kappa shape index (κ2) is 6.98. The predicted molar refractivity (Wildman–Crippen MR) is 72.3 cm³/mol. The van der Waals surface area contributed by atoms with Crippen molar-refractivity contribution >= 4 is 0 Å². The summed E-state index contributed by atoms with van der Waals surface area (Å²) in [7, 11) is 0. The van der Waals surface area contributed by atoms with Crippen molar-refractivity contribution in [1.82, 2.24) is 0 Å². The molecule has 0 saturated carbocycles. The Morgan fingerprint density at radius 1 is 1.42 bits per heavy atom. The van der Waals surface area contributed by atoms with Crippen molar-refractivity contribution in [3.8, 4) is 0 Å². The van der Waals surface area contributed by atoms with E-state index in [-0.39, 0.29) is 18.0 Å². The van der Waals surface area contributed by atoms with Crippen LogP contribution in [0.3, 0.4) is 0 Å². The highest BCUT2D eigenvalue weighted by Crippen LogP contribution is 2.24. The molecular formula is C15H22FNO2. The predicted octanol–water partition coefficient (Wildman–Crippen LogP) is 2.66. The third-order valence-electron chi connectivity index (χ3n) is 3.59. The van der Waals surface area contributed by atoms with Crippen LogP contribution in [0.25, 0.3) is 0 Å². The molecule has 106 valence electrons. The fraction of sp³-hybridized carbons (Fsp3) is 0.600. The highest BCUT2D eigenvalue weighted by molar-refractivity contribution is 5.20. The second-order valence-electron chi connectivity index (χ2n) is 5.11. The Bertz CT molecular complexity index is 376. The Morgan fingerprint density at radius 2 is 2.16 bits per heavy atom. The van der Waals surface area contributed by atoms with Crippen molar-refractivity contribution in [1.29, 1.82) is 0 Å². The topological polar surface area (TPSA) is 44.5 Å². The SMILES string of the molecule is CCC(N)C(OCC1CCOC1)c1ccc(F)cc1.